The van der Waals surface area contributed by atoms with Crippen LogP contribution in [-0.4, -0.2) is 37.1 Å². The normalized spacial score (nSPS) is 12.3. The van der Waals surface area contributed by atoms with Crippen molar-refractivity contribution >= 4 is 5.97 Å². The van der Waals surface area contributed by atoms with Crippen molar-refractivity contribution in [2.75, 3.05) is 0 Å². The van der Waals surface area contributed by atoms with Gasteiger partial charge in [-0.15, -0.1) is 0 Å². The highest BCUT2D eigenvalue weighted by molar-refractivity contribution is 5.73. The quantitative estimate of drug-likeness (QED) is 0.690. The molecule has 0 aliphatic heterocycles. The number of imidazole rings is 1. The maximum Gasteiger partial charge on any atom is 0.321 e. The number of aryl methyl sites for hydroxylation is 1. The van der Waals surface area contributed by atoms with Crippen molar-refractivity contribution in [2.45, 2.75) is 25.9 Å². The van der Waals surface area contributed by atoms with E-state index in [1.54, 1.807) is 25.5 Å². The number of hydrogen-bond acceptors (Lipinski definition) is 5. The Kier molecular flexibility index (Phi) is 4.19. The van der Waals surface area contributed by atoms with E-state index in [4.69, 9.17) is 5.11 Å². The number of carbonyl (C=O) groups is 1. The Labute approximate surface area is 110 Å². The SMILES string of the molecule is Cc1ncc(CNC(Cc2cnc[nH]2)C(=O)O)cn1. The van der Waals surface area contributed by atoms with Crippen molar-refractivity contribution in [3.63, 3.8) is 0 Å². The van der Waals surface area contributed by atoms with Crippen LogP contribution in [0.4, 0.5) is 0 Å². The molecule has 0 fully saturated rings. The summed E-state index contributed by atoms with van der Waals surface area (Å²) in [7, 11) is 0. The minimum Gasteiger partial charge on any atom is -0.480 e. The van der Waals surface area contributed by atoms with Crippen molar-refractivity contribution in [2.24, 2.45) is 0 Å². The van der Waals surface area contributed by atoms with Crippen LogP contribution in [0.5, 0.6) is 0 Å². The number of hydrogen-bond donors (Lipinski definition) is 3. The predicted molar refractivity (Wildman–Crippen MR) is 67.3 cm³/mol. The van der Waals surface area contributed by atoms with Crippen LogP contribution in [-0.2, 0) is 17.8 Å². The molecule has 7 heteroatoms. The van der Waals surface area contributed by atoms with Gasteiger partial charge in [-0.3, -0.25) is 10.1 Å². The first-order valence-corrected chi connectivity index (χ1v) is 5.86. The largest absolute Gasteiger partial charge is 0.480 e. The number of aliphatic carboxylic acids is 1. The zero-order valence-corrected chi connectivity index (χ0v) is 10.5. The first kappa shape index (κ1) is 13.2. The molecule has 0 amide bonds. The van der Waals surface area contributed by atoms with Gasteiger partial charge in [0.15, 0.2) is 0 Å². The van der Waals surface area contributed by atoms with Gasteiger partial charge in [0.2, 0.25) is 0 Å². The summed E-state index contributed by atoms with van der Waals surface area (Å²) in [5.74, 6) is -0.210. The molecule has 2 rings (SSSR count). The second kappa shape index (κ2) is 6.05. The molecule has 0 aromatic carbocycles. The van der Waals surface area contributed by atoms with E-state index in [-0.39, 0.29) is 0 Å². The van der Waals surface area contributed by atoms with Gasteiger partial charge in [-0.1, -0.05) is 0 Å². The fraction of sp³-hybridized carbons (Fsp3) is 0.333. The Balaban J connectivity index is 1.93. The highest BCUT2D eigenvalue weighted by Gasteiger charge is 2.17. The van der Waals surface area contributed by atoms with Gasteiger partial charge in [0.1, 0.15) is 11.9 Å². The number of nitrogens with zero attached hydrogens (tertiary/aromatic N) is 3. The summed E-state index contributed by atoms with van der Waals surface area (Å²) in [6.45, 7) is 2.21. The van der Waals surface area contributed by atoms with E-state index in [1.807, 2.05) is 0 Å². The molecule has 0 spiro atoms. The van der Waals surface area contributed by atoms with Crippen molar-refractivity contribution in [3.8, 4) is 0 Å². The summed E-state index contributed by atoms with van der Waals surface area (Å²) in [5, 5.41) is 12.1. The van der Waals surface area contributed by atoms with E-state index >= 15 is 0 Å². The Bertz CT molecular complexity index is 524. The predicted octanol–water partition coefficient (Wildman–Crippen LogP) is 0.294. The third-order valence-electron chi connectivity index (χ3n) is 2.66. The Morgan fingerprint density at radius 3 is 2.74 bits per heavy atom. The van der Waals surface area contributed by atoms with Crippen LogP contribution in [0.2, 0.25) is 0 Å². The molecule has 3 N–H and O–H groups in total. The lowest BCUT2D eigenvalue weighted by Crippen LogP contribution is -2.38. The molecule has 0 saturated carbocycles. The van der Waals surface area contributed by atoms with Crippen molar-refractivity contribution < 1.29 is 9.90 Å². The summed E-state index contributed by atoms with van der Waals surface area (Å²) in [6.07, 6.45) is 6.87. The van der Waals surface area contributed by atoms with Gasteiger partial charge in [-0.2, -0.15) is 0 Å². The zero-order chi connectivity index (χ0) is 13.7. The molecule has 2 aromatic rings. The molecular weight excluding hydrogens is 246 g/mol. The highest BCUT2D eigenvalue weighted by atomic mass is 16.4. The average Bonchev–Trinajstić information content (AvgIpc) is 2.89. The minimum absolute atomic E-state index is 0.349. The van der Waals surface area contributed by atoms with E-state index < -0.39 is 12.0 Å². The molecule has 19 heavy (non-hydrogen) atoms. The topological polar surface area (TPSA) is 104 Å². The molecule has 2 heterocycles. The molecule has 1 atom stereocenters. The van der Waals surface area contributed by atoms with Crippen LogP contribution in [0.3, 0.4) is 0 Å². The molecule has 0 bridgehead atoms. The molecule has 0 aliphatic rings. The van der Waals surface area contributed by atoms with Crippen LogP contribution in [0.25, 0.3) is 0 Å². The molecule has 1 unspecified atom stereocenters. The first-order chi connectivity index (χ1) is 9.15. The Morgan fingerprint density at radius 1 is 1.42 bits per heavy atom. The maximum atomic E-state index is 11.2. The number of H-pyrrole nitrogens is 1. The summed E-state index contributed by atoms with van der Waals surface area (Å²) in [5.41, 5.74) is 1.63. The van der Waals surface area contributed by atoms with E-state index in [0.29, 0.717) is 18.8 Å². The van der Waals surface area contributed by atoms with Gasteiger partial charge in [0.05, 0.1) is 6.33 Å². The van der Waals surface area contributed by atoms with Gasteiger partial charge in [-0.05, 0) is 6.92 Å². The van der Waals surface area contributed by atoms with Crippen molar-refractivity contribution in [1.82, 2.24) is 25.3 Å². The fourth-order valence-electron chi connectivity index (χ4n) is 1.61. The molecular formula is C12H15N5O2. The number of carboxylic acid groups (broad SMARTS) is 1. The number of rotatable bonds is 6. The summed E-state index contributed by atoms with van der Waals surface area (Å²) in [4.78, 5) is 26.1. The fourth-order valence-corrected chi connectivity index (χ4v) is 1.61. The number of carboxylic acids is 1. The molecule has 0 saturated heterocycles. The number of aromatic nitrogens is 4. The highest BCUT2D eigenvalue weighted by Crippen LogP contribution is 2.01. The monoisotopic (exact) mass is 261 g/mol. The van der Waals surface area contributed by atoms with Crippen LogP contribution < -0.4 is 5.32 Å². The molecule has 2 aromatic heterocycles. The summed E-state index contributed by atoms with van der Waals surface area (Å²) < 4.78 is 0. The Morgan fingerprint density at radius 2 is 2.16 bits per heavy atom. The Hall–Kier alpha value is -2.28. The van der Waals surface area contributed by atoms with E-state index in [0.717, 1.165) is 11.3 Å². The molecule has 0 radical (unpaired) electrons. The van der Waals surface area contributed by atoms with Gasteiger partial charge in [0, 0.05) is 42.8 Å². The first-order valence-electron chi connectivity index (χ1n) is 5.86. The smallest absolute Gasteiger partial charge is 0.321 e. The maximum absolute atomic E-state index is 11.2. The summed E-state index contributed by atoms with van der Waals surface area (Å²) >= 11 is 0. The van der Waals surface area contributed by atoms with E-state index in [9.17, 15) is 4.79 Å². The third kappa shape index (κ3) is 3.85. The molecule has 100 valence electrons. The molecule has 0 aliphatic carbocycles. The second-order valence-electron chi connectivity index (χ2n) is 4.19. The van der Waals surface area contributed by atoms with Crippen LogP contribution >= 0.6 is 0 Å². The molecule has 7 nitrogen and oxygen atoms in total. The van der Waals surface area contributed by atoms with Gasteiger partial charge < -0.3 is 10.1 Å². The van der Waals surface area contributed by atoms with Crippen LogP contribution in [0.1, 0.15) is 17.1 Å². The van der Waals surface area contributed by atoms with Crippen molar-refractivity contribution in [1.29, 1.82) is 0 Å². The second-order valence-corrected chi connectivity index (χ2v) is 4.19. The van der Waals surface area contributed by atoms with Crippen LogP contribution in [0.15, 0.2) is 24.9 Å². The lowest BCUT2D eigenvalue weighted by atomic mass is 10.1. The van der Waals surface area contributed by atoms with Gasteiger partial charge >= 0.3 is 5.97 Å². The summed E-state index contributed by atoms with van der Waals surface area (Å²) in [6, 6.07) is -0.679. The third-order valence-corrected chi connectivity index (χ3v) is 2.66. The van der Waals surface area contributed by atoms with E-state index in [1.165, 1.54) is 6.33 Å². The minimum atomic E-state index is -0.900. The lowest BCUT2D eigenvalue weighted by Gasteiger charge is -2.13. The van der Waals surface area contributed by atoms with Gasteiger partial charge in [-0.25, -0.2) is 15.0 Å². The number of aromatic amines is 1. The van der Waals surface area contributed by atoms with Crippen LogP contribution in [0, 0.1) is 6.92 Å². The standard InChI is InChI=1S/C12H15N5O2/c1-8-14-3-9(4-15-8)5-16-11(12(18)19)2-10-6-13-7-17-10/h3-4,6-7,11,16H,2,5H2,1H3,(H,13,17)(H,18,19). The lowest BCUT2D eigenvalue weighted by molar-refractivity contribution is -0.139. The number of nitrogens with one attached hydrogen (secondary N) is 2. The van der Waals surface area contributed by atoms with Crippen molar-refractivity contribution in [3.05, 3.63) is 42.0 Å². The average molecular weight is 261 g/mol. The zero-order valence-electron chi connectivity index (χ0n) is 10.5. The van der Waals surface area contributed by atoms with E-state index in [2.05, 4.69) is 25.3 Å². The van der Waals surface area contributed by atoms with Gasteiger partial charge in [0.25, 0.3) is 0 Å².